The zero-order valence-corrected chi connectivity index (χ0v) is 11.2. The van der Waals surface area contributed by atoms with Gasteiger partial charge in [-0.15, -0.1) is 11.6 Å². The molecule has 0 radical (unpaired) electrons. The normalized spacial score (nSPS) is 11.9. The zero-order valence-electron chi connectivity index (χ0n) is 10.4. The highest BCUT2D eigenvalue weighted by Gasteiger charge is 2.20. The Bertz CT molecular complexity index is 472. The summed E-state index contributed by atoms with van der Waals surface area (Å²) in [6.45, 7) is 2.15. The van der Waals surface area contributed by atoms with Crippen LogP contribution in [0.3, 0.4) is 0 Å². The molecule has 1 atom stereocenters. The van der Waals surface area contributed by atoms with E-state index < -0.39 is 12.1 Å². The molecule has 0 fully saturated rings. The van der Waals surface area contributed by atoms with Crippen molar-refractivity contribution in [3.63, 3.8) is 0 Å². The number of ether oxygens (including phenoxy) is 1. The molecule has 0 aromatic heterocycles. The monoisotopic (exact) mass is 286 g/mol. The van der Waals surface area contributed by atoms with E-state index >= 15 is 0 Å². The quantitative estimate of drug-likeness (QED) is 0.592. The number of hydrogen-bond acceptors (Lipinski definition) is 4. The largest absolute Gasteiger partial charge is 0.493 e. The molecule has 0 heterocycles. The maximum Gasteiger partial charge on any atom is 0.337 e. The van der Waals surface area contributed by atoms with Crippen molar-refractivity contribution >= 4 is 23.4 Å². The lowest BCUT2D eigenvalue weighted by Gasteiger charge is -2.12. The molecule has 0 spiro atoms. The van der Waals surface area contributed by atoms with E-state index in [1.165, 1.54) is 18.2 Å². The first-order valence-corrected chi connectivity index (χ1v) is 6.31. The number of rotatable bonds is 7. The van der Waals surface area contributed by atoms with Gasteiger partial charge in [0, 0.05) is 12.3 Å². The molecular formula is C13H15ClO5. The van der Waals surface area contributed by atoms with Gasteiger partial charge in [0.1, 0.15) is 5.75 Å². The third-order valence-electron chi connectivity index (χ3n) is 2.48. The summed E-state index contributed by atoms with van der Waals surface area (Å²) < 4.78 is 5.31. The van der Waals surface area contributed by atoms with Gasteiger partial charge >= 0.3 is 5.97 Å². The van der Waals surface area contributed by atoms with Gasteiger partial charge in [-0.2, -0.15) is 0 Å². The second-order valence-electron chi connectivity index (χ2n) is 3.79. The first-order valence-electron chi connectivity index (χ1n) is 5.78. The second-order valence-corrected chi connectivity index (χ2v) is 4.17. The van der Waals surface area contributed by atoms with Crippen LogP contribution in [0.2, 0.25) is 0 Å². The van der Waals surface area contributed by atoms with Crippen LogP contribution in [0.25, 0.3) is 0 Å². The molecule has 1 aromatic rings. The average molecular weight is 287 g/mol. The summed E-state index contributed by atoms with van der Waals surface area (Å²) >= 11 is 5.52. The summed E-state index contributed by atoms with van der Waals surface area (Å²) in [4.78, 5) is 22.6. The number of ketones is 1. The first kappa shape index (κ1) is 15.5. The van der Waals surface area contributed by atoms with Gasteiger partial charge in [-0.1, -0.05) is 6.07 Å². The molecule has 1 unspecified atom stereocenters. The Kier molecular flexibility index (Phi) is 5.79. The van der Waals surface area contributed by atoms with Gasteiger partial charge in [0.25, 0.3) is 0 Å². The van der Waals surface area contributed by atoms with Crippen molar-refractivity contribution in [1.82, 2.24) is 0 Å². The molecule has 5 nitrogen and oxygen atoms in total. The van der Waals surface area contributed by atoms with Crippen LogP contribution in [-0.2, 0) is 4.79 Å². The van der Waals surface area contributed by atoms with Crippen LogP contribution in [0.5, 0.6) is 5.75 Å². The molecule has 0 saturated heterocycles. The molecule has 19 heavy (non-hydrogen) atoms. The Labute approximate surface area is 115 Å². The van der Waals surface area contributed by atoms with E-state index in [2.05, 4.69) is 0 Å². The predicted octanol–water partition coefficient (Wildman–Crippen LogP) is 2.01. The highest BCUT2D eigenvalue weighted by Crippen LogP contribution is 2.25. The average Bonchev–Trinajstić information content (AvgIpc) is 2.38. The summed E-state index contributed by atoms with van der Waals surface area (Å²) in [5.74, 6) is -1.10. The van der Waals surface area contributed by atoms with Crippen LogP contribution in [0.15, 0.2) is 18.2 Å². The van der Waals surface area contributed by atoms with E-state index in [0.29, 0.717) is 12.4 Å². The standard InChI is InChI=1S/C13H15ClO5/c1-2-19-11-4-3-8(12(16)13(17)18)7-9(11)10(15)5-6-14/h3-4,7,12,16H,2,5-6H2,1H3,(H,17,18). The van der Waals surface area contributed by atoms with E-state index in [0.717, 1.165) is 0 Å². The van der Waals surface area contributed by atoms with Gasteiger partial charge in [-0.05, 0) is 24.6 Å². The maximum atomic E-state index is 11.9. The third kappa shape index (κ3) is 3.94. The highest BCUT2D eigenvalue weighted by atomic mass is 35.5. The number of carboxylic acids is 1. The van der Waals surface area contributed by atoms with Crippen molar-refractivity contribution in [1.29, 1.82) is 0 Å². The van der Waals surface area contributed by atoms with E-state index in [9.17, 15) is 14.7 Å². The molecule has 0 aliphatic rings. The van der Waals surface area contributed by atoms with Crippen LogP contribution < -0.4 is 4.74 Å². The van der Waals surface area contributed by atoms with Gasteiger partial charge < -0.3 is 14.9 Å². The number of Topliss-reactive ketones (excluding diaryl/α,β-unsaturated/α-hetero) is 1. The van der Waals surface area contributed by atoms with Crippen molar-refractivity contribution in [2.75, 3.05) is 12.5 Å². The van der Waals surface area contributed by atoms with Gasteiger partial charge in [0.2, 0.25) is 0 Å². The van der Waals surface area contributed by atoms with Crippen LogP contribution in [0, 0.1) is 0 Å². The number of hydrogen-bond donors (Lipinski definition) is 2. The van der Waals surface area contributed by atoms with Crippen molar-refractivity contribution < 1.29 is 24.5 Å². The van der Waals surface area contributed by atoms with E-state index in [1.54, 1.807) is 6.92 Å². The summed E-state index contributed by atoms with van der Waals surface area (Å²) in [5, 5.41) is 18.2. The van der Waals surface area contributed by atoms with Crippen LogP contribution in [0.4, 0.5) is 0 Å². The fourth-order valence-corrected chi connectivity index (χ4v) is 1.75. The molecule has 1 rings (SSSR count). The summed E-state index contributed by atoms with van der Waals surface area (Å²) in [5.41, 5.74) is 0.370. The molecular weight excluding hydrogens is 272 g/mol. The molecule has 0 aliphatic carbocycles. The topological polar surface area (TPSA) is 83.8 Å². The number of carbonyl (C=O) groups excluding carboxylic acids is 1. The number of alkyl halides is 1. The van der Waals surface area contributed by atoms with Crippen molar-refractivity contribution in [2.45, 2.75) is 19.4 Å². The molecule has 6 heteroatoms. The summed E-state index contributed by atoms with van der Waals surface area (Å²) in [6.07, 6.45) is -1.55. The third-order valence-corrected chi connectivity index (χ3v) is 2.66. The molecule has 2 N–H and O–H groups in total. The van der Waals surface area contributed by atoms with Crippen LogP contribution in [0.1, 0.15) is 35.4 Å². The second kappa shape index (κ2) is 7.11. The molecule has 0 bridgehead atoms. The van der Waals surface area contributed by atoms with Gasteiger partial charge in [-0.3, -0.25) is 4.79 Å². The first-order chi connectivity index (χ1) is 9.01. The maximum absolute atomic E-state index is 11.9. The zero-order chi connectivity index (χ0) is 14.4. The number of benzene rings is 1. The van der Waals surface area contributed by atoms with Crippen molar-refractivity contribution in [3.8, 4) is 5.75 Å². The molecule has 0 amide bonds. The Morgan fingerprint density at radius 3 is 2.63 bits per heavy atom. The number of aliphatic hydroxyl groups excluding tert-OH is 1. The Morgan fingerprint density at radius 2 is 2.11 bits per heavy atom. The number of aliphatic carboxylic acids is 1. The minimum Gasteiger partial charge on any atom is -0.493 e. The lowest BCUT2D eigenvalue weighted by Crippen LogP contribution is -2.12. The number of halogens is 1. The van der Waals surface area contributed by atoms with E-state index in [-0.39, 0.29) is 29.2 Å². The fraction of sp³-hybridized carbons (Fsp3) is 0.385. The van der Waals surface area contributed by atoms with Crippen molar-refractivity contribution in [2.24, 2.45) is 0 Å². The van der Waals surface area contributed by atoms with Crippen molar-refractivity contribution in [3.05, 3.63) is 29.3 Å². The Balaban J connectivity index is 3.17. The fourth-order valence-electron chi connectivity index (χ4n) is 1.58. The minimum absolute atomic E-state index is 0.119. The molecule has 1 aromatic carbocycles. The number of carbonyl (C=O) groups is 2. The summed E-state index contributed by atoms with van der Waals surface area (Å²) in [7, 11) is 0. The summed E-state index contributed by atoms with van der Waals surface area (Å²) in [6, 6.07) is 4.23. The highest BCUT2D eigenvalue weighted by molar-refractivity contribution is 6.19. The van der Waals surface area contributed by atoms with E-state index in [1.807, 2.05) is 0 Å². The predicted molar refractivity (Wildman–Crippen MR) is 69.9 cm³/mol. The van der Waals surface area contributed by atoms with Crippen LogP contribution >= 0.6 is 11.6 Å². The smallest absolute Gasteiger partial charge is 0.337 e. The van der Waals surface area contributed by atoms with E-state index in [4.69, 9.17) is 21.4 Å². The Hall–Kier alpha value is -1.59. The molecule has 0 aliphatic heterocycles. The van der Waals surface area contributed by atoms with Gasteiger partial charge in [-0.25, -0.2) is 4.79 Å². The number of aliphatic hydroxyl groups is 1. The SMILES string of the molecule is CCOc1ccc(C(O)C(=O)O)cc1C(=O)CCCl. The lowest BCUT2D eigenvalue weighted by atomic mass is 10.0. The molecule has 104 valence electrons. The molecule has 0 saturated carbocycles. The lowest BCUT2D eigenvalue weighted by molar-refractivity contribution is -0.146. The van der Waals surface area contributed by atoms with Crippen LogP contribution in [-0.4, -0.2) is 34.5 Å². The van der Waals surface area contributed by atoms with Gasteiger partial charge in [0.15, 0.2) is 11.9 Å². The minimum atomic E-state index is -1.67. The number of carboxylic acid groups (broad SMARTS) is 1. The van der Waals surface area contributed by atoms with Gasteiger partial charge in [0.05, 0.1) is 12.2 Å². The Morgan fingerprint density at radius 1 is 1.42 bits per heavy atom.